The van der Waals surface area contributed by atoms with Gasteiger partial charge < -0.3 is 10.2 Å². The zero-order valence-corrected chi connectivity index (χ0v) is 15.5. The number of hydrogen-bond donors (Lipinski definition) is 1. The van der Waals surface area contributed by atoms with Crippen LogP contribution in [0.5, 0.6) is 0 Å². The topological polar surface area (TPSA) is 35.6 Å². The first-order valence-electron chi connectivity index (χ1n) is 10.1. The third-order valence-corrected chi connectivity index (χ3v) is 5.61. The summed E-state index contributed by atoms with van der Waals surface area (Å²) in [5.41, 5.74) is 1.36. The van der Waals surface area contributed by atoms with E-state index in [1.165, 1.54) is 37.9 Å². The van der Waals surface area contributed by atoms with Gasteiger partial charge in [-0.3, -0.25) is 9.69 Å². The summed E-state index contributed by atoms with van der Waals surface area (Å²) >= 11 is 0. The fourth-order valence-corrected chi connectivity index (χ4v) is 4.04. The van der Waals surface area contributed by atoms with Crippen molar-refractivity contribution >= 4 is 5.91 Å². The van der Waals surface area contributed by atoms with Crippen LogP contribution in [0.3, 0.4) is 0 Å². The molecule has 2 aliphatic heterocycles. The SMILES string of the molecule is O=C(NCCCN1CCCCC1)C1CCN(Cc2ccccc2)CC1. The van der Waals surface area contributed by atoms with E-state index in [2.05, 4.69) is 45.4 Å². The van der Waals surface area contributed by atoms with Crippen LogP contribution in [0.4, 0.5) is 0 Å². The molecule has 0 radical (unpaired) electrons. The van der Waals surface area contributed by atoms with Crippen LogP contribution in [0.25, 0.3) is 0 Å². The summed E-state index contributed by atoms with van der Waals surface area (Å²) in [5, 5.41) is 3.17. The average Bonchev–Trinajstić information content (AvgIpc) is 2.67. The van der Waals surface area contributed by atoms with Crippen LogP contribution in [-0.4, -0.2) is 55.0 Å². The van der Waals surface area contributed by atoms with Crippen molar-refractivity contribution in [1.29, 1.82) is 0 Å². The Morgan fingerprint density at radius 1 is 0.960 bits per heavy atom. The molecule has 0 saturated carbocycles. The molecule has 4 heteroatoms. The third kappa shape index (κ3) is 6.12. The van der Waals surface area contributed by atoms with Crippen molar-refractivity contribution in [1.82, 2.24) is 15.1 Å². The molecule has 138 valence electrons. The first kappa shape index (κ1) is 18.4. The van der Waals surface area contributed by atoms with Gasteiger partial charge in [0.1, 0.15) is 0 Å². The summed E-state index contributed by atoms with van der Waals surface area (Å²) in [6, 6.07) is 10.6. The number of amides is 1. The molecule has 0 aromatic heterocycles. The number of nitrogens with one attached hydrogen (secondary N) is 1. The van der Waals surface area contributed by atoms with Gasteiger partial charge in [0, 0.05) is 19.0 Å². The quantitative estimate of drug-likeness (QED) is 0.773. The lowest BCUT2D eigenvalue weighted by Crippen LogP contribution is -2.41. The molecule has 1 amide bonds. The minimum absolute atomic E-state index is 0.210. The zero-order chi connectivity index (χ0) is 17.3. The summed E-state index contributed by atoms with van der Waals surface area (Å²) < 4.78 is 0. The number of nitrogens with zero attached hydrogens (tertiary/aromatic N) is 2. The van der Waals surface area contributed by atoms with Gasteiger partial charge in [0.05, 0.1) is 0 Å². The first-order valence-corrected chi connectivity index (χ1v) is 10.1. The van der Waals surface area contributed by atoms with Gasteiger partial charge in [0.25, 0.3) is 0 Å². The summed E-state index contributed by atoms with van der Waals surface area (Å²) in [6.07, 6.45) is 7.13. The van der Waals surface area contributed by atoms with Crippen LogP contribution in [0.15, 0.2) is 30.3 Å². The minimum atomic E-state index is 0.210. The van der Waals surface area contributed by atoms with Crippen molar-refractivity contribution in [2.75, 3.05) is 39.3 Å². The lowest BCUT2D eigenvalue weighted by molar-refractivity contribution is -0.126. The van der Waals surface area contributed by atoms with E-state index in [0.29, 0.717) is 0 Å². The third-order valence-electron chi connectivity index (χ3n) is 5.61. The molecule has 2 heterocycles. The Hall–Kier alpha value is -1.39. The van der Waals surface area contributed by atoms with Crippen molar-refractivity contribution in [3.8, 4) is 0 Å². The van der Waals surface area contributed by atoms with Crippen molar-refractivity contribution in [3.05, 3.63) is 35.9 Å². The molecule has 1 aromatic rings. The Labute approximate surface area is 152 Å². The smallest absolute Gasteiger partial charge is 0.223 e. The van der Waals surface area contributed by atoms with Gasteiger partial charge in [-0.2, -0.15) is 0 Å². The van der Waals surface area contributed by atoms with Gasteiger partial charge in [-0.25, -0.2) is 0 Å². The van der Waals surface area contributed by atoms with Gasteiger partial charge in [-0.15, -0.1) is 0 Å². The summed E-state index contributed by atoms with van der Waals surface area (Å²) in [6.45, 7) is 7.52. The first-order chi connectivity index (χ1) is 12.3. The number of carbonyl (C=O) groups is 1. The molecule has 4 nitrogen and oxygen atoms in total. The number of hydrogen-bond acceptors (Lipinski definition) is 3. The molecule has 1 N–H and O–H groups in total. The summed E-state index contributed by atoms with van der Waals surface area (Å²) in [5.74, 6) is 0.486. The molecule has 3 rings (SSSR count). The monoisotopic (exact) mass is 343 g/mol. The molecule has 0 bridgehead atoms. The number of carbonyl (C=O) groups excluding carboxylic acids is 1. The Bertz CT molecular complexity index is 505. The molecule has 1 aromatic carbocycles. The van der Waals surface area contributed by atoms with E-state index in [9.17, 15) is 4.79 Å². The van der Waals surface area contributed by atoms with Crippen LogP contribution in [0.2, 0.25) is 0 Å². The fraction of sp³-hybridized carbons (Fsp3) is 0.667. The Balaban J connectivity index is 1.29. The van der Waals surface area contributed by atoms with Crippen LogP contribution in [-0.2, 0) is 11.3 Å². The van der Waals surface area contributed by atoms with E-state index in [-0.39, 0.29) is 11.8 Å². The molecule has 2 saturated heterocycles. The minimum Gasteiger partial charge on any atom is -0.356 e. The van der Waals surface area contributed by atoms with E-state index >= 15 is 0 Å². The largest absolute Gasteiger partial charge is 0.356 e. The second-order valence-corrected chi connectivity index (χ2v) is 7.58. The standard InChI is InChI=1S/C21H33N3O/c25-21(22-12-7-15-23-13-5-2-6-14-23)20-10-16-24(17-11-20)18-19-8-3-1-4-9-19/h1,3-4,8-9,20H,2,5-7,10-18H2,(H,22,25). The Kier molecular flexibility index (Phi) is 7.31. The average molecular weight is 344 g/mol. The fourth-order valence-electron chi connectivity index (χ4n) is 4.04. The van der Waals surface area contributed by atoms with E-state index in [0.717, 1.165) is 52.0 Å². The van der Waals surface area contributed by atoms with Crippen molar-refractivity contribution in [3.63, 3.8) is 0 Å². The summed E-state index contributed by atoms with van der Waals surface area (Å²) in [4.78, 5) is 17.4. The maximum absolute atomic E-state index is 12.4. The highest BCUT2D eigenvalue weighted by Gasteiger charge is 2.24. The number of benzene rings is 1. The Morgan fingerprint density at radius 3 is 2.40 bits per heavy atom. The zero-order valence-electron chi connectivity index (χ0n) is 15.5. The van der Waals surface area contributed by atoms with Gasteiger partial charge in [0.15, 0.2) is 0 Å². The van der Waals surface area contributed by atoms with Crippen molar-refractivity contribution in [2.45, 2.75) is 45.1 Å². The van der Waals surface area contributed by atoms with Gasteiger partial charge in [0.2, 0.25) is 5.91 Å². The predicted octanol–water partition coefficient (Wildman–Crippen LogP) is 2.89. The number of piperidine rings is 2. The van der Waals surface area contributed by atoms with Crippen LogP contribution >= 0.6 is 0 Å². The van der Waals surface area contributed by atoms with E-state index in [1.807, 2.05) is 0 Å². The predicted molar refractivity (Wildman–Crippen MR) is 102 cm³/mol. The molecular weight excluding hydrogens is 310 g/mol. The van der Waals surface area contributed by atoms with Gasteiger partial charge in [-0.1, -0.05) is 36.8 Å². The maximum Gasteiger partial charge on any atom is 0.223 e. The normalized spacial score (nSPS) is 20.5. The highest BCUT2D eigenvalue weighted by molar-refractivity contribution is 5.78. The molecular formula is C21H33N3O. The van der Waals surface area contributed by atoms with Gasteiger partial charge >= 0.3 is 0 Å². The molecule has 0 spiro atoms. The molecule has 0 atom stereocenters. The highest BCUT2D eigenvalue weighted by Crippen LogP contribution is 2.19. The number of likely N-dealkylation sites (tertiary alicyclic amines) is 2. The van der Waals surface area contributed by atoms with E-state index in [1.54, 1.807) is 0 Å². The molecule has 0 unspecified atom stereocenters. The van der Waals surface area contributed by atoms with Crippen LogP contribution in [0.1, 0.15) is 44.1 Å². The van der Waals surface area contributed by atoms with Gasteiger partial charge in [-0.05, 0) is 70.4 Å². The van der Waals surface area contributed by atoms with E-state index < -0.39 is 0 Å². The second kappa shape index (κ2) is 9.93. The molecule has 2 fully saturated rings. The van der Waals surface area contributed by atoms with Crippen molar-refractivity contribution in [2.24, 2.45) is 5.92 Å². The number of rotatable bonds is 7. The molecule has 25 heavy (non-hydrogen) atoms. The van der Waals surface area contributed by atoms with Crippen molar-refractivity contribution < 1.29 is 4.79 Å². The summed E-state index contributed by atoms with van der Waals surface area (Å²) in [7, 11) is 0. The molecule has 0 aliphatic carbocycles. The Morgan fingerprint density at radius 2 is 1.68 bits per heavy atom. The second-order valence-electron chi connectivity index (χ2n) is 7.58. The van der Waals surface area contributed by atoms with Crippen LogP contribution < -0.4 is 5.32 Å². The van der Waals surface area contributed by atoms with E-state index in [4.69, 9.17) is 0 Å². The van der Waals surface area contributed by atoms with Crippen LogP contribution in [0, 0.1) is 5.92 Å². The maximum atomic E-state index is 12.4. The lowest BCUT2D eigenvalue weighted by atomic mass is 9.95. The molecule has 2 aliphatic rings. The highest BCUT2D eigenvalue weighted by atomic mass is 16.1. The lowest BCUT2D eigenvalue weighted by Gasteiger charge is -2.31.